The third-order valence-electron chi connectivity index (χ3n) is 5.79. The average Bonchev–Trinajstić information content (AvgIpc) is 3.46. The van der Waals surface area contributed by atoms with Crippen molar-refractivity contribution >= 4 is 66.4 Å². The number of allylic oxidation sites excluding steroid dienone is 1. The molecule has 0 atom stereocenters. The number of benzene rings is 2. The van der Waals surface area contributed by atoms with Crippen molar-refractivity contribution in [1.29, 1.82) is 0 Å². The van der Waals surface area contributed by atoms with Crippen LogP contribution in [0.1, 0.15) is 29.7 Å². The fourth-order valence-electron chi connectivity index (χ4n) is 4.13. The molecule has 2 amide bonds. The molecule has 0 radical (unpaired) electrons. The van der Waals surface area contributed by atoms with Gasteiger partial charge in [0.25, 0.3) is 10.0 Å². The summed E-state index contributed by atoms with van der Waals surface area (Å²) in [6, 6.07) is 11.6. The molecule has 0 unspecified atom stereocenters. The Morgan fingerprint density at radius 1 is 1.17 bits per heavy atom. The molecule has 1 aliphatic rings. The predicted octanol–water partition coefficient (Wildman–Crippen LogP) is 5.26. The van der Waals surface area contributed by atoms with E-state index in [1.165, 1.54) is 0 Å². The van der Waals surface area contributed by atoms with Crippen molar-refractivity contribution in [2.45, 2.75) is 30.1 Å². The van der Waals surface area contributed by atoms with Crippen LogP contribution >= 0.6 is 34.5 Å². The van der Waals surface area contributed by atoms with Crippen LogP contribution in [0.3, 0.4) is 0 Å². The zero-order chi connectivity index (χ0) is 25.3. The standard InChI is InChI=1S/C24H21Cl2N5O3S2/c25-18-9-8-17(19(26)12-18)14-31-22-15(4-3-5-16(22)13-28-31)10-11-27-23(32)30-36(33,34)24-29-20-6-1-2-7-21(20)35-24/h1-2,6-10,12-13H,3-5,11,14H2,(H2,27,30,32). The second-order valence-electron chi connectivity index (χ2n) is 8.26. The molecule has 2 heterocycles. The van der Waals surface area contributed by atoms with Crippen LogP contribution in [0.4, 0.5) is 4.79 Å². The number of hydrogen-bond acceptors (Lipinski definition) is 6. The molecule has 2 N–H and O–H groups in total. The second-order valence-corrected chi connectivity index (χ2v) is 12.0. The van der Waals surface area contributed by atoms with Gasteiger partial charge in [-0.1, -0.05) is 47.5 Å². The molecule has 8 nitrogen and oxygen atoms in total. The molecule has 2 aromatic carbocycles. The fourth-order valence-corrected chi connectivity index (χ4v) is 6.75. The summed E-state index contributed by atoms with van der Waals surface area (Å²) < 4.78 is 29.7. The molecule has 0 saturated heterocycles. The molecule has 0 fully saturated rings. The van der Waals surface area contributed by atoms with E-state index in [-0.39, 0.29) is 10.9 Å². The van der Waals surface area contributed by atoms with Gasteiger partial charge in [-0.25, -0.2) is 14.5 Å². The van der Waals surface area contributed by atoms with Crippen molar-refractivity contribution in [2.75, 3.05) is 6.54 Å². The van der Waals surface area contributed by atoms with Crippen molar-refractivity contribution in [3.8, 4) is 0 Å². The number of urea groups is 1. The van der Waals surface area contributed by atoms with Gasteiger partial charge in [-0.05, 0) is 60.2 Å². The number of carbonyl (C=O) groups excluding carboxylic acids is 1. The summed E-state index contributed by atoms with van der Waals surface area (Å²) in [5.41, 5.74) is 4.62. The Kier molecular flexibility index (Phi) is 7.03. The first-order chi connectivity index (χ1) is 17.3. The van der Waals surface area contributed by atoms with Crippen molar-refractivity contribution in [2.24, 2.45) is 0 Å². The van der Waals surface area contributed by atoms with E-state index in [1.54, 1.807) is 36.4 Å². The first kappa shape index (κ1) is 24.8. The molecule has 2 aromatic heterocycles. The lowest BCUT2D eigenvalue weighted by atomic mass is 9.92. The van der Waals surface area contributed by atoms with Crippen LogP contribution in [0.5, 0.6) is 0 Å². The van der Waals surface area contributed by atoms with Gasteiger partial charge in [-0.2, -0.15) is 13.5 Å². The van der Waals surface area contributed by atoms with Crippen molar-refractivity contribution in [3.63, 3.8) is 0 Å². The number of hydrogen-bond donors (Lipinski definition) is 2. The summed E-state index contributed by atoms with van der Waals surface area (Å²) in [6.45, 7) is 0.639. The lowest BCUT2D eigenvalue weighted by Crippen LogP contribution is -2.39. The smallest absolute Gasteiger partial charge is 0.329 e. The number of rotatable bonds is 6. The van der Waals surface area contributed by atoms with Crippen LogP contribution in [0, 0.1) is 0 Å². The Morgan fingerprint density at radius 2 is 2.00 bits per heavy atom. The monoisotopic (exact) mass is 561 g/mol. The van der Waals surface area contributed by atoms with Gasteiger partial charge in [0.1, 0.15) is 0 Å². The van der Waals surface area contributed by atoms with Gasteiger partial charge in [0.2, 0.25) is 4.34 Å². The number of nitrogens with zero attached hydrogens (tertiary/aromatic N) is 3. The summed E-state index contributed by atoms with van der Waals surface area (Å²) >= 11 is 13.4. The van der Waals surface area contributed by atoms with E-state index in [0.717, 1.165) is 57.7 Å². The van der Waals surface area contributed by atoms with Crippen molar-refractivity contribution < 1.29 is 13.2 Å². The number of fused-ring (bicyclic) bond motifs is 2. The fraction of sp³-hybridized carbons (Fsp3) is 0.208. The van der Waals surface area contributed by atoms with Crippen LogP contribution in [-0.4, -0.2) is 35.8 Å². The number of aromatic nitrogens is 3. The van der Waals surface area contributed by atoms with Gasteiger partial charge in [0.05, 0.1) is 28.7 Å². The van der Waals surface area contributed by atoms with Crippen LogP contribution < -0.4 is 10.0 Å². The summed E-state index contributed by atoms with van der Waals surface area (Å²) in [6.07, 6.45) is 6.44. The van der Waals surface area contributed by atoms with E-state index in [9.17, 15) is 13.2 Å². The van der Waals surface area contributed by atoms with Crippen molar-refractivity contribution in [3.05, 3.63) is 81.6 Å². The SMILES string of the molecule is O=C(NCC=C1CCCc2cnn(Cc3ccc(Cl)cc3Cl)c21)NS(=O)(=O)c1nc2ccccc2s1. The summed E-state index contributed by atoms with van der Waals surface area (Å²) in [7, 11) is -4.08. The first-order valence-electron chi connectivity index (χ1n) is 11.1. The molecule has 12 heteroatoms. The van der Waals surface area contributed by atoms with Gasteiger partial charge in [0.15, 0.2) is 0 Å². The topological polar surface area (TPSA) is 106 Å². The molecule has 0 aliphatic heterocycles. The number of sulfonamides is 1. The molecule has 5 rings (SSSR count). The van der Waals surface area contributed by atoms with Crippen molar-refractivity contribution in [1.82, 2.24) is 24.8 Å². The molecule has 0 bridgehead atoms. The van der Waals surface area contributed by atoms with E-state index >= 15 is 0 Å². The van der Waals surface area contributed by atoms with E-state index < -0.39 is 16.1 Å². The minimum atomic E-state index is -4.08. The third kappa shape index (κ3) is 5.27. The van der Waals surface area contributed by atoms with Gasteiger partial charge < -0.3 is 5.32 Å². The molecular formula is C24H21Cl2N5O3S2. The second kappa shape index (κ2) is 10.2. The Morgan fingerprint density at radius 3 is 2.81 bits per heavy atom. The molecule has 186 valence electrons. The zero-order valence-electron chi connectivity index (χ0n) is 18.9. The van der Waals surface area contributed by atoms with E-state index in [1.807, 2.05) is 27.7 Å². The largest absolute Gasteiger partial charge is 0.334 e. The summed E-state index contributed by atoms with van der Waals surface area (Å²) in [4.78, 5) is 16.5. The maximum absolute atomic E-state index is 12.6. The number of carbonyl (C=O) groups is 1. The van der Waals surface area contributed by atoms with Gasteiger partial charge in [-0.15, -0.1) is 11.3 Å². The number of amides is 2. The predicted molar refractivity (Wildman–Crippen MR) is 142 cm³/mol. The number of nitrogens with one attached hydrogen (secondary N) is 2. The lowest BCUT2D eigenvalue weighted by Gasteiger charge is -2.18. The molecule has 0 saturated carbocycles. The van der Waals surface area contributed by atoms with Crippen LogP contribution in [0.15, 0.2) is 59.1 Å². The molecular weight excluding hydrogens is 541 g/mol. The minimum Gasteiger partial charge on any atom is -0.334 e. The number of thiazole rings is 1. The first-order valence-corrected chi connectivity index (χ1v) is 14.2. The zero-order valence-corrected chi connectivity index (χ0v) is 22.0. The third-order valence-corrected chi connectivity index (χ3v) is 9.12. The highest BCUT2D eigenvalue weighted by Gasteiger charge is 2.23. The number of para-hydroxylation sites is 1. The van der Waals surface area contributed by atoms with Gasteiger partial charge in [0, 0.05) is 16.6 Å². The average molecular weight is 563 g/mol. The highest BCUT2D eigenvalue weighted by atomic mass is 35.5. The highest BCUT2D eigenvalue weighted by Crippen LogP contribution is 2.32. The van der Waals surface area contributed by atoms with E-state index in [4.69, 9.17) is 23.2 Å². The molecule has 1 aliphatic carbocycles. The number of aryl methyl sites for hydroxylation is 1. The summed E-state index contributed by atoms with van der Waals surface area (Å²) in [5, 5.41) is 8.29. The maximum atomic E-state index is 12.6. The van der Waals surface area contributed by atoms with Crippen LogP contribution in [-0.2, 0) is 23.0 Å². The van der Waals surface area contributed by atoms with E-state index in [0.29, 0.717) is 22.1 Å². The van der Waals surface area contributed by atoms with Gasteiger partial charge in [-0.3, -0.25) is 4.68 Å². The summed E-state index contributed by atoms with van der Waals surface area (Å²) in [5.74, 6) is 0. The highest BCUT2D eigenvalue weighted by molar-refractivity contribution is 7.92. The Bertz CT molecular complexity index is 1560. The number of halogens is 2. The minimum absolute atomic E-state index is 0.154. The van der Waals surface area contributed by atoms with Crippen LogP contribution in [0.2, 0.25) is 10.0 Å². The molecule has 0 spiro atoms. The van der Waals surface area contributed by atoms with Gasteiger partial charge >= 0.3 is 6.03 Å². The quantitative estimate of drug-likeness (QED) is 0.334. The Balaban J connectivity index is 1.27. The van der Waals surface area contributed by atoms with Crippen LogP contribution in [0.25, 0.3) is 15.8 Å². The maximum Gasteiger partial charge on any atom is 0.329 e. The molecule has 4 aromatic rings. The molecule has 36 heavy (non-hydrogen) atoms. The lowest BCUT2D eigenvalue weighted by molar-refractivity contribution is 0.247. The van der Waals surface area contributed by atoms with E-state index in [2.05, 4.69) is 15.4 Å². The Hall–Kier alpha value is -2.92. The Labute approximate surface area is 222 Å². The normalized spacial score (nSPS) is 14.7.